The molecule has 13 heteroatoms. The van der Waals surface area contributed by atoms with Crippen LogP contribution in [0.5, 0.6) is 5.75 Å². The summed E-state index contributed by atoms with van der Waals surface area (Å²) in [4.78, 5) is 41.0. The summed E-state index contributed by atoms with van der Waals surface area (Å²) in [6.45, 7) is 12.2. The lowest BCUT2D eigenvalue weighted by Gasteiger charge is -2.62. The van der Waals surface area contributed by atoms with Crippen molar-refractivity contribution in [2.24, 2.45) is 35.0 Å². The van der Waals surface area contributed by atoms with Gasteiger partial charge in [0.25, 0.3) is 11.6 Å². The predicted molar refractivity (Wildman–Crippen MR) is 200 cm³/mol. The topological polar surface area (TPSA) is 187 Å². The molecule has 3 fully saturated rings. The maximum absolute atomic E-state index is 14.0. The van der Waals surface area contributed by atoms with Crippen LogP contribution in [0.25, 0.3) is 11.1 Å². The standard InChI is InChI=1S/C39H59N5O8/c1-21(2)32(19-43(7)8)42-37(48)26-13-25(14-28(15-26)44(50)51)29-12-10-11-24(36(29)52-9)18-40-35(34(23(4)46)33(47)20-45)38(49)41-31-17-27-16-30(22(31)3)39(27,5)6/h10-15,21-23,27,30-35,40,45-47H,16-20H2,1-9H3,(H,41,49)(H,42,48)/t22-,23-,27+,30-,31-,32-,33-,34-,35-/m0/s1. The lowest BCUT2D eigenvalue weighted by molar-refractivity contribution is -0.384. The molecular weight excluding hydrogens is 666 g/mol. The third kappa shape index (κ3) is 8.94. The van der Waals surface area contributed by atoms with Crippen molar-refractivity contribution in [3.05, 3.63) is 57.6 Å². The molecule has 0 spiro atoms. The molecule has 6 N–H and O–H groups in total. The Kier molecular flexibility index (Phi) is 13.5. The molecule has 2 bridgehead atoms. The van der Waals surface area contributed by atoms with Crippen molar-refractivity contribution in [1.82, 2.24) is 20.9 Å². The monoisotopic (exact) mass is 725 g/mol. The summed E-state index contributed by atoms with van der Waals surface area (Å²) in [6.07, 6.45) is -0.534. The molecule has 0 heterocycles. The van der Waals surface area contributed by atoms with Gasteiger partial charge in [-0.1, -0.05) is 52.8 Å². The second-order valence-corrected chi connectivity index (χ2v) is 16.1. The smallest absolute Gasteiger partial charge is 0.270 e. The highest BCUT2D eigenvalue weighted by atomic mass is 16.6. The van der Waals surface area contributed by atoms with E-state index in [4.69, 9.17) is 4.74 Å². The zero-order chi connectivity index (χ0) is 38.7. The zero-order valence-corrected chi connectivity index (χ0v) is 32.1. The van der Waals surface area contributed by atoms with Crippen LogP contribution in [0.4, 0.5) is 5.69 Å². The van der Waals surface area contributed by atoms with Crippen molar-refractivity contribution in [3.63, 3.8) is 0 Å². The molecule has 3 aliphatic rings. The average Bonchev–Trinajstić information content (AvgIpc) is 3.08. The van der Waals surface area contributed by atoms with Crippen LogP contribution in [-0.4, -0.2) is 102 Å². The van der Waals surface area contributed by atoms with Crippen molar-refractivity contribution in [3.8, 4) is 16.9 Å². The van der Waals surface area contributed by atoms with Crippen LogP contribution in [0.3, 0.4) is 0 Å². The SMILES string of the molecule is COc1c(CN[C@H](C(=O)N[C@H]2C[C@H]3C[C@@H]([C@@H]2C)C3(C)C)[C@@H]([C@H](C)O)[C@@H](O)CO)cccc1-c1cc(C(=O)N[C@@H](CN(C)C)C(C)C)cc([N+](=O)[O-])c1. The minimum absolute atomic E-state index is 0.0534. The molecule has 13 nitrogen and oxygen atoms in total. The number of likely N-dealkylation sites (N-methyl/N-ethyl adjacent to an activating group) is 1. The van der Waals surface area contributed by atoms with E-state index < -0.39 is 41.6 Å². The van der Waals surface area contributed by atoms with Crippen LogP contribution in [0.2, 0.25) is 0 Å². The summed E-state index contributed by atoms with van der Waals surface area (Å²) in [5, 5.41) is 53.0. The average molecular weight is 726 g/mol. The number of aliphatic hydroxyl groups excluding tert-OH is 3. The number of rotatable bonds is 17. The third-order valence-corrected chi connectivity index (χ3v) is 11.7. The van der Waals surface area contributed by atoms with Gasteiger partial charge in [0.1, 0.15) is 5.75 Å². The van der Waals surface area contributed by atoms with E-state index in [0.29, 0.717) is 40.8 Å². The highest BCUT2D eigenvalue weighted by molar-refractivity contribution is 5.97. The minimum Gasteiger partial charge on any atom is -0.496 e. The Labute approximate surface area is 307 Å². The van der Waals surface area contributed by atoms with Crippen molar-refractivity contribution >= 4 is 17.5 Å². The minimum atomic E-state index is -1.38. The number of carbonyl (C=O) groups excluding carboxylic acids is 2. The predicted octanol–water partition coefficient (Wildman–Crippen LogP) is 3.58. The maximum atomic E-state index is 14.0. The molecule has 2 aromatic rings. The van der Waals surface area contributed by atoms with E-state index >= 15 is 0 Å². The molecule has 0 radical (unpaired) electrons. The van der Waals surface area contributed by atoms with Gasteiger partial charge < -0.3 is 40.9 Å². The molecule has 0 unspecified atom stereocenters. The van der Waals surface area contributed by atoms with E-state index in [-0.39, 0.29) is 53.0 Å². The van der Waals surface area contributed by atoms with Crippen LogP contribution in [0.15, 0.2) is 36.4 Å². The summed E-state index contributed by atoms with van der Waals surface area (Å²) < 4.78 is 5.86. The van der Waals surface area contributed by atoms with Gasteiger partial charge in [0.05, 0.1) is 36.9 Å². The number of hydrogen-bond acceptors (Lipinski definition) is 10. The first-order valence-electron chi connectivity index (χ1n) is 18.3. The van der Waals surface area contributed by atoms with Crippen LogP contribution >= 0.6 is 0 Å². The summed E-state index contributed by atoms with van der Waals surface area (Å²) in [5.41, 5.74) is 1.58. The number of methoxy groups -OCH3 is 1. The molecule has 2 amide bonds. The molecule has 0 aromatic heterocycles. The Balaban J connectivity index is 1.65. The highest BCUT2D eigenvalue weighted by Gasteiger charge is 2.56. The number of non-ortho nitro benzene ring substituents is 1. The van der Waals surface area contributed by atoms with Gasteiger partial charge in [0.2, 0.25) is 5.91 Å². The van der Waals surface area contributed by atoms with E-state index in [2.05, 4.69) is 36.7 Å². The van der Waals surface area contributed by atoms with Gasteiger partial charge in [-0.15, -0.1) is 0 Å². The Morgan fingerprint density at radius 3 is 2.35 bits per heavy atom. The van der Waals surface area contributed by atoms with Gasteiger partial charge in [0, 0.05) is 59.9 Å². The second kappa shape index (κ2) is 17.0. The Hall–Kier alpha value is -3.62. The number of amides is 2. The number of ether oxygens (including phenoxy) is 1. The highest BCUT2D eigenvalue weighted by Crippen LogP contribution is 2.61. The quantitative estimate of drug-likeness (QED) is 0.104. The fourth-order valence-corrected chi connectivity index (χ4v) is 8.44. The summed E-state index contributed by atoms with van der Waals surface area (Å²) in [7, 11) is 5.29. The van der Waals surface area contributed by atoms with E-state index in [1.165, 1.54) is 26.2 Å². The normalized spacial score (nSPS) is 23.6. The Morgan fingerprint density at radius 2 is 1.81 bits per heavy atom. The van der Waals surface area contributed by atoms with Gasteiger partial charge in [0.15, 0.2) is 0 Å². The number of nitrogens with one attached hydrogen (secondary N) is 3. The molecular formula is C39H59N5O8. The molecule has 52 heavy (non-hydrogen) atoms. The number of nitro benzene ring substituents is 1. The fraction of sp³-hybridized carbons (Fsp3) is 0.641. The van der Waals surface area contributed by atoms with Crippen LogP contribution in [0.1, 0.15) is 70.3 Å². The fourth-order valence-electron chi connectivity index (χ4n) is 8.44. The number of benzene rings is 2. The summed E-state index contributed by atoms with van der Waals surface area (Å²) in [5.74, 6) is -0.125. The van der Waals surface area contributed by atoms with Gasteiger partial charge >= 0.3 is 0 Å². The second-order valence-electron chi connectivity index (χ2n) is 16.1. The molecule has 3 aliphatic carbocycles. The zero-order valence-electron chi connectivity index (χ0n) is 32.1. The van der Waals surface area contributed by atoms with Crippen LogP contribution in [0, 0.1) is 45.1 Å². The van der Waals surface area contributed by atoms with E-state index in [9.17, 15) is 35.0 Å². The van der Waals surface area contributed by atoms with Gasteiger partial charge in [-0.05, 0) is 74.6 Å². The molecule has 0 saturated heterocycles. The third-order valence-electron chi connectivity index (χ3n) is 11.7. The number of carbonyl (C=O) groups is 2. The van der Waals surface area contributed by atoms with Crippen LogP contribution in [-0.2, 0) is 11.3 Å². The first-order valence-corrected chi connectivity index (χ1v) is 18.3. The molecule has 2 aromatic carbocycles. The number of nitro groups is 1. The van der Waals surface area contributed by atoms with Crippen molar-refractivity contribution in [1.29, 1.82) is 0 Å². The van der Waals surface area contributed by atoms with E-state index in [0.717, 1.165) is 12.8 Å². The number of nitrogens with zero attached hydrogens (tertiary/aromatic N) is 2. The van der Waals surface area contributed by atoms with E-state index in [1.807, 2.05) is 32.8 Å². The van der Waals surface area contributed by atoms with E-state index in [1.54, 1.807) is 24.3 Å². The lowest BCUT2D eigenvalue weighted by Crippen LogP contribution is -2.63. The number of aliphatic hydroxyl groups is 3. The summed E-state index contributed by atoms with van der Waals surface area (Å²) >= 11 is 0. The largest absolute Gasteiger partial charge is 0.496 e. The summed E-state index contributed by atoms with van der Waals surface area (Å²) in [6, 6.07) is 8.18. The first-order chi connectivity index (χ1) is 24.4. The van der Waals surface area contributed by atoms with Crippen LogP contribution < -0.4 is 20.7 Å². The van der Waals surface area contributed by atoms with Crippen molar-refractivity contribution < 1.29 is 34.6 Å². The maximum Gasteiger partial charge on any atom is 0.270 e. The first kappa shape index (κ1) is 41.1. The molecule has 3 saturated carbocycles. The number of hydrogen-bond donors (Lipinski definition) is 6. The number of para-hydroxylation sites is 1. The number of fused-ring (bicyclic) bond motifs is 2. The van der Waals surface area contributed by atoms with Gasteiger partial charge in [-0.3, -0.25) is 19.7 Å². The van der Waals surface area contributed by atoms with Gasteiger partial charge in [-0.25, -0.2) is 0 Å². The Bertz CT molecular complexity index is 1580. The van der Waals surface area contributed by atoms with Crippen molar-refractivity contribution in [2.75, 3.05) is 34.4 Å². The molecule has 5 rings (SSSR count). The molecule has 288 valence electrons. The molecule has 9 atom stereocenters. The Morgan fingerprint density at radius 1 is 1.12 bits per heavy atom. The van der Waals surface area contributed by atoms with Crippen molar-refractivity contribution in [2.45, 2.75) is 91.3 Å². The van der Waals surface area contributed by atoms with Gasteiger partial charge in [-0.2, -0.15) is 0 Å². The lowest BCUT2D eigenvalue weighted by atomic mass is 9.45. The molecule has 0 aliphatic heterocycles.